The third-order valence-corrected chi connectivity index (χ3v) is 5.78. The van der Waals surface area contributed by atoms with Crippen molar-refractivity contribution >= 4 is 10.9 Å². The van der Waals surface area contributed by atoms with Crippen molar-refractivity contribution in [1.29, 1.82) is 0 Å². The summed E-state index contributed by atoms with van der Waals surface area (Å²) in [5.74, 6) is 0.841. The Hall–Kier alpha value is -1.63. The van der Waals surface area contributed by atoms with Gasteiger partial charge in [0.2, 0.25) is 0 Å². The minimum atomic E-state index is 0.394. The molecule has 0 amide bonds. The third-order valence-electron chi connectivity index (χ3n) is 5.78. The Morgan fingerprint density at radius 3 is 2.65 bits per heavy atom. The molecule has 2 unspecified atom stereocenters. The van der Waals surface area contributed by atoms with Gasteiger partial charge < -0.3 is 0 Å². The van der Waals surface area contributed by atoms with Gasteiger partial charge in [0.25, 0.3) is 0 Å². The number of rotatable bonds is 7. The highest BCUT2D eigenvalue weighted by Gasteiger charge is 2.52. The Morgan fingerprint density at radius 2 is 2.04 bits per heavy atom. The predicted molar refractivity (Wildman–Crippen MR) is 100 cm³/mol. The van der Waals surface area contributed by atoms with Crippen LogP contribution < -0.4 is 0 Å². The smallest absolute Gasteiger partial charge is 0.0708 e. The second-order valence-electron chi connectivity index (χ2n) is 7.00. The van der Waals surface area contributed by atoms with E-state index in [0.717, 1.165) is 30.7 Å². The molecule has 1 aliphatic carbocycles. The van der Waals surface area contributed by atoms with E-state index < -0.39 is 0 Å². The number of pyridine rings is 1. The second kappa shape index (κ2) is 6.47. The molecule has 1 saturated carbocycles. The Morgan fingerprint density at radius 1 is 1.22 bits per heavy atom. The highest BCUT2D eigenvalue weighted by Crippen LogP contribution is 2.59. The van der Waals surface area contributed by atoms with E-state index in [1.54, 1.807) is 0 Å². The van der Waals surface area contributed by atoms with Gasteiger partial charge in [-0.2, -0.15) is 0 Å². The molecule has 0 saturated heterocycles. The fourth-order valence-electron chi connectivity index (χ4n) is 4.22. The van der Waals surface area contributed by atoms with Gasteiger partial charge in [0.1, 0.15) is 0 Å². The molecule has 1 aromatic carbocycles. The van der Waals surface area contributed by atoms with Gasteiger partial charge in [0.05, 0.1) is 5.52 Å². The summed E-state index contributed by atoms with van der Waals surface area (Å²) >= 11 is 0. The number of hydrogen-bond acceptors (Lipinski definition) is 1. The maximum absolute atomic E-state index is 4.83. The maximum Gasteiger partial charge on any atom is 0.0708 e. The monoisotopic (exact) mass is 307 g/mol. The lowest BCUT2D eigenvalue weighted by molar-refractivity contribution is 0.550. The molecular formula is C22H29N. The summed E-state index contributed by atoms with van der Waals surface area (Å²) < 4.78 is 0. The standard InChI is InChI=1S/C22H29N/c1-5-9-12-22(15-17(22)7-3)18-10-11-21-20(14-18)16(6-2)13-19(8-4)23-21/h5,10-11,13-14,17H,1,6-9,12,15H2,2-4H3. The molecule has 1 aliphatic rings. The van der Waals surface area contributed by atoms with Gasteiger partial charge in [-0.1, -0.05) is 39.3 Å². The molecule has 122 valence electrons. The van der Waals surface area contributed by atoms with Crippen LogP contribution in [0.25, 0.3) is 10.9 Å². The van der Waals surface area contributed by atoms with Crippen molar-refractivity contribution in [2.45, 2.75) is 64.7 Å². The number of aryl methyl sites for hydroxylation is 2. The summed E-state index contributed by atoms with van der Waals surface area (Å²) in [6.45, 7) is 10.7. The minimum Gasteiger partial charge on any atom is -0.253 e. The van der Waals surface area contributed by atoms with Crippen molar-refractivity contribution in [3.63, 3.8) is 0 Å². The second-order valence-corrected chi connectivity index (χ2v) is 7.00. The quantitative estimate of drug-likeness (QED) is 0.572. The van der Waals surface area contributed by atoms with Crippen LogP contribution in [0.4, 0.5) is 0 Å². The van der Waals surface area contributed by atoms with Crippen molar-refractivity contribution < 1.29 is 0 Å². The summed E-state index contributed by atoms with van der Waals surface area (Å²) in [6, 6.07) is 9.34. The van der Waals surface area contributed by atoms with E-state index in [-0.39, 0.29) is 0 Å². The van der Waals surface area contributed by atoms with E-state index in [1.807, 2.05) is 0 Å². The number of aromatic nitrogens is 1. The zero-order valence-electron chi connectivity index (χ0n) is 14.9. The Labute approximate surface area is 140 Å². The van der Waals surface area contributed by atoms with Crippen molar-refractivity contribution in [2.24, 2.45) is 5.92 Å². The molecule has 1 heteroatoms. The van der Waals surface area contributed by atoms with Gasteiger partial charge in [0.15, 0.2) is 0 Å². The van der Waals surface area contributed by atoms with E-state index in [2.05, 4.69) is 57.7 Å². The lowest BCUT2D eigenvalue weighted by atomic mass is 9.86. The molecule has 1 aromatic heterocycles. The number of hydrogen-bond donors (Lipinski definition) is 0. The number of fused-ring (bicyclic) bond motifs is 1. The normalized spacial score (nSPS) is 23.2. The van der Waals surface area contributed by atoms with Crippen LogP contribution in [-0.2, 0) is 18.3 Å². The molecule has 0 aliphatic heterocycles. The van der Waals surface area contributed by atoms with Crippen molar-refractivity contribution in [3.8, 4) is 0 Å². The highest BCUT2D eigenvalue weighted by atomic mass is 14.7. The molecule has 1 fully saturated rings. The number of nitrogens with zero attached hydrogens (tertiary/aromatic N) is 1. The highest BCUT2D eigenvalue weighted by molar-refractivity contribution is 5.83. The average molecular weight is 307 g/mol. The van der Waals surface area contributed by atoms with Crippen molar-refractivity contribution in [1.82, 2.24) is 4.98 Å². The van der Waals surface area contributed by atoms with Crippen LogP contribution in [0.2, 0.25) is 0 Å². The third kappa shape index (κ3) is 2.82. The first-order valence-electron chi connectivity index (χ1n) is 9.22. The first-order chi connectivity index (χ1) is 11.2. The largest absolute Gasteiger partial charge is 0.253 e. The lowest BCUT2D eigenvalue weighted by Gasteiger charge is -2.19. The van der Waals surface area contributed by atoms with Gasteiger partial charge >= 0.3 is 0 Å². The number of allylic oxidation sites excluding steroid dienone is 1. The molecule has 2 aromatic rings. The fourth-order valence-corrected chi connectivity index (χ4v) is 4.22. The molecule has 1 nitrogen and oxygen atoms in total. The molecule has 0 spiro atoms. The van der Waals surface area contributed by atoms with E-state index in [0.29, 0.717) is 5.41 Å². The summed E-state index contributed by atoms with van der Waals surface area (Å²) in [5, 5.41) is 1.36. The van der Waals surface area contributed by atoms with Crippen LogP contribution in [-0.4, -0.2) is 4.98 Å². The summed E-state index contributed by atoms with van der Waals surface area (Å²) in [4.78, 5) is 4.83. The molecule has 0 bridgehead atoms. The van der Waals surface area contributed by atoms with Crippen LogP contribution in [0.15, 0.2) is 36.9 Å². The molecule has 1 heterocycles. The zero-order chi connectivity index (χ0) is 16.4. The number of benzene rings is 1. The van der Waals surface area contributed by atoms with E-state index >= 15 is 0 Å². The first-order valence-corrected chi connectivity index (χ1v) is 9.22. The molecule has 0 radical (unpaired) electrons. The van der Waals surface area contributed by atoms with Crippen LogP contribution in [0.5, 0.6) is 0 Å². The topological polar surface area (TPSA) is 12.9 Å². The molecular weight excluding hydrogens is 278 g/mol. The Bertz CT molecular complexity index is 715. The van der Waals surface area contributed by atoms with Crippen LogP contribution in [0.3, 0.4) is 0 Å². The van der Waals surface area contributed by atoms with Crippen molar-refractivity contribution in [3.05, 3.63) is 53.7 Å². The SMILES string of the molecule is C=CCCC1(c2ccc3nc(CC)cc(CC)c3c2)CC1CC. The van der Waals surface area contributed by atoms with E-state index in [4.69, 9.17) is 4.98 Å². The van der Waals surface area contributed by atoms with Gasteiger partial charge in [-0.25, -0.2) is 0 Å². The average Bonchev–Trinajstić information content (AvgIpc) is 3.33. The first kappa shape index (κ1) is 16.2. The van der Waals surface area contributed by atoms with E-state index in [1.165, 1.54) is 41.5 Å². The van der Waals surface area contributed by atoms with Gasteiger partial charge in [0, 0.05) is 11.1 Å². The lowest BCUT2D eigenvalue weighted by Crippen LogP contribution is -2.10. The Kier molecular flexibility index (Phi) is 4.57. The van der Waals surface area contributed by atoms with E-state index in [9.17, 15) is 0 Å². The molecule has 0 N–H and O–H groups in total. The summed E-state index contributed by atoms with van der Waals surface area (Å²) in [6.07, 6.45) is 9.12. The fraction of sp³-hybridized carbons (Fsp3) is 0.500. The van der Waals surface area contributed by atoms with Gasteiger partial charge in [-0.3, -0.25) is 4.98 Å². The molecule has 3 rings (SSSR count). The zero-order valence-corrected chi connectivity index (χ0v) is 14.9. The maximum atomic E-state index is 4.83. The van der Waals surface area contributed by atoms with Gasteiger partial charge in [-0.15, -0.1) is 6.58 Å². The van der Waals surface area contributed by atoms with Crippen LogP contribution in [0, 0.1) is 5.92 Å². The van der Waals surface area contributed by atoms with Gasteiger partial charge in [-0.05, 0) is 72.8 Å². The molecule has 23 heavy (non-hydrogen) atoms. The van der Waals surface area contributed by atoms with Crippen molar-refractivity contribution in [2.75, 3.05) is 0 Å². The summed E-state index contributed by atoms with van der Waals surface area (Å²) in [5.41, 5.74) is 5.74. The van der Waals surface area contributed by atoms with Crippen LogP contribution in [0.1, 0.15) is 63.3 Å². The minimum absolute atomic E-state index is 0.394. The summed E-state index contributed by atoms with van der Waals surface area (Å²) in [7, 11) is 0. The predicted octanol–water partition coefficient (Wildman–Crippen LogP) is 5.99. The molecule has 2 atom stereocenters. The Balaban J connectivity index is 2.07. The van der Waals surface area contributed by atoms with Crippen LogP contribution >= 0.6 is 0 Å².